The maximum absolute atomic E-state index is 10.7. The van der Waals surface area contributed by atoms with E-state index in [0.717, 1.165) is 0 Å². The fourth-order valence-corrected chi connectivity index (χ4v) is 3.42. The predicted octanol–water partition coefficient (Wildman–Crippen LogP) is 3.24. The van der Waals surface area contributed by atoms with Gasteiger partial charge in [0.15, 0.2) is 5.00 Å². The number of thiophene rings is 2. The molecule has 114 valence electrons. The Kier molecular flexibility index (Phi) is 5.41. The van der Waals surface area contributed by atoms with Crippen LogP contribution in [0.2, 0.25) is 0 Å². The summed E-state index contributed by atoms with van der Waals surface area (Å²) in [5, 5.41) is 28.9. The van der Waals surface area contributed by atoms with Crippen LogP contribution in [-0.4, -0.2) is 37.1 Å². The molecule has 3 aromatic rings. The average molecular weight is 402 g/mol. The van der Waals surface area contributed by atoms with Crippen molar-refractivity contribution in [2.24, 2.45) is 0 Å². The first-order valence-corrected chi connectivity index (χ1v) is 8.19. The van der Waals surface area contributed by atoms with Gasteiger partial charge >= 0.3 is 11.9 Å². The SMILES string of the molecule is O=C(O)c1ccsc1-n1nccn1.O=C(O)c1ccsc1Br. The lowest BCUT2D eigenvalue weighted by molar-refractivity contribution is 0.0686. The Bertz CT molecular complexity index is 782. The van der Waals surface area contributed by atoms with Crippen molar-refractivity contribution in [1.82, 2.24) is 15.0 Å². The largest absolute Gasteiger partial charge is 0.478 e. The molecule has 2 N–H and O–H groups in total. The zero-order valence-electron chi connectivity index (χ0n) is 10.7. The van der Waals surface area contributed by atoms with Crippen LogP contribution in [0, 0.1) is 0 Å². The third kappa shape index (κ3) is 3.78. The summed E-state index contributed by atoms with van der Waals surface area (Å²) in [4.78, 5) is 22.3. The van der Waals surface area contributed by atoms with E-state index in [9.17, 15) is 9.59 Å². The second-order valence-corrected chi connectivity index (χ2v) is 6.80. The Labute approximate surface area is 140 Å². The number of rotatable bonds is 3. The summed E-state index contributed by atoms with van der Waals surface area (Å²) in [6.45, 7) is 0. The van der Waals surface area contributed by atoms with Crippen molar-refractivity contribution in [3.63, 3.8) is 0 Å². The van der Waals surface area contributed by atoms with Gasteiger partial charge in [0.2, 0.25) is 0 Å². The fraction of sp³-hybridized carbons (Fsp3) is 0. The van der Waals surface area contributed by atoms with Crippen LogP contribution >= 0.6 is 38.6 Å². The van der Waals surface area contributed by atoms with E-state index in [4.69, 9.17) is 10.2 Å². The zero-order valence-corrected chi connectivity index (χ0v) is 13.9. The van der Waals surface area contributed by atoms with Crippen LogP contribution in [0.5, 0.6) is 0 Å². The van der Waals surface area contributed by atoms with Gasteiger partial charge in [-0.2, -0.15) is 10.2 Å². The molecule has 0 saturated heterocycles. The number of hydrogen-bond acceptors (Lipinski definition) is 6. The van der Waals surface area contributed by atoms with Crippen molar-refractivity contribution >= 4 is 50.5 Å². The predicted molar refractivity (Wildman–Crippen MR) is 85.2 cm³/mol. The molecule has 3 heterocycles. The lowest BCUT2D eigenvalue weighted by atomic mass is 10.3. The standard InChI is InChI=1S/C7H5N3O2S.C5H3BrO2S/c11-7(12)5-1-4-13-6(5)10-8-2-3-9-10;6-4-3(5(7)8)1-2-9-4/h1-4H,(H,11,12);1-2H,(H,7,8). The molecule has 0 aliphatic carbocycles. The highest BCUT2D eigenvalue weighted by Gasteiger charge is 2.13. The molecule has 0 amide bonds. The topological polar surface area (TPSA) is 105 Å². The maximum Gasteiger partial charge on any atom is 0.338 e. The molecule has 3 aromatic heterocycles. The van der Waals surface area contributed by atoms with Gasteiger partial charge in [0.05, 0.1) is 27.3 Å². The number of hydrogen-bond donors (Lipinski definition) is 2. The minimum atomic E-state index is -0.964. The van der Waals surface area contributed by atoms with Crippen LogP contribution in [0.1, 0.15) is 20.7 Å². The van der Waals surface area contributed by atoms with Gasteiger partial charge in [-0.15, -0.1) is 27.5 Å². The van der Waals surface area contributed by atoms with Gasteiger partial charge in [-0.05, 0) is 38.8 Å². The zero-order chi connectivity index (χ0) is 16.1. The van der Waals surface area contributed by atoms with E-state index in [0.29, 0.717) is 14.4 Å². The third-order valence-electron chi connectivity index (χ3n) is 2.32. The summed E-state index contributed by atoms with van der Waals surface area (Å²) >= 11 is 5.77. The Morgan fingerprint density at radius 1 is 1.00 bits per heavy atom. The van der Waals surface area contributed by atoms with Crippen LogP contribution in [-0.2, 0) is 0 Å². The monoisotopic (exact) mass is 401 g/mol. The first-order valence-electron chi connectivity index (χ1n) is 5.64. The second kappa shape index (κ2) is 7.29. The number of carboxylic acid groups (broad SMARTS) is 2. The van der Waals surface area contributed by atoms with Crippen LogP contribution in [0.15, 0.2) is 39.1 Å². The van der Waals surface area contributed by atoms with E-state index in [-0.39, 0.29) is 5.56 Å². The van der Waals surface area contributed by atoms with E-state index >= 15 is 0 Å². The van der Waals surface area contributed by atoms with Crippen LogP contribution in [0.25, 0.3) is 5.00 Å². The normalized spacial score (nSPS) is 9.86. The Morgan fingerprint density at radius 2 is 1.55 bits per heavy atom. The first kappa shape index (κ1) is 16.3. The molecule has 0 aliphatic heterocycles. The number of nitrogens with zero attached hydrogens (tertiary/aromatic N) is 3. The molecule has 0 saturated carbocycles. The van der Waals surface area contributed by atoms with E-state index in [1.165, 1.54) is 45.9 Å². The summed E-state index contributed by atoms with van der Waals surface area (Å²) in [5.74, 6) is -1.85. The van der Waals surface area contributed by atoms with Gasteiger partial charge in [-0.1, -0.05) is 0 Å². The molecule has 0 aromatic carbocycles. The molecule has 3 rings (SSSR count). The summed E-state index contributed by atoms with van der Waals surface area (Å²) in [6.07, 6.45) is 3.01. The van der Waals surface area contributed by atoms with Crippen molar-refractivity contribution in [3.05, 3.63) is 50.2 Å². The van der Waals surface area contributed by atoms with Crippen molar-refractivity contribution < 1.29 is 19.8 Å². The van der Waals surface area contributed by atoms with Crippen molar-refractivity contribution in [2.75, 3.05) is 0 Å². The molecule has 0 radical (unpaired) electrons. The van der Waals surface area contributed by atoms with Crippen molar-refractivity contribution in [1.29, 1.82) is 0 Å². The molecule has 0 aliphatic rings. The number of halogens is 1. The van der Waals surface area contributed by atoms with Gasteiger partial charge in [0.25, 0.3) is 0 Å². The van der Waals surface area contributed by atoms with Gasteiger partial charge in [0, 0.05) is 0 Å². The Balaban J connectivity index is 0.000000172. The average Bonchev–Trinajstić information content (AvgIpc) is 3.20. The highest BCUT2D eigenvalue weighted by molar-refractivity contribution is 9.11. The molecule has 7 nitrogen and oxygen atoms in total. The van der Waals surface area contributed by atoms with Gasteiger partial charge < -0.3 is 10.2 Å². The summed E-state index contributed by atoms with van der Waals surface area (Å²) < 4.78 is 0.676. The Morgan fingerprint density at radius 3 is 2.00 bits per heavy atom. The summed E-state index contributed by atoms with van der Waals surface area (Å²) in [7, 11) is 0. The molecule has 0 unspecified atom stereocenters. The van der Waals surface area contributed by atoms with E-state index < -0.39 is 11.9 Å². The molecule has 0 atom stereocenters. The van der Waals surface area contributed by atoms with Crippen LogP contribution in [0.4, 0.5) is 0 Å². The third-order valence-corrected chi connectivity index (χ3v) is 4.89. The molecular weight excluding hydrogens is 394 g/mol. The minimum Gasteiger partial charge on any atom is -0.478 e. The van der Waals surface area contributed by atoms with E-state index in [1.807, 2.05) is 0 Å². The number of carbonyl (C=O) groups is 2. The van der Waals surface area contributed by atoms with E-state index in [1.54, 1.807) is 16.8 Å². The maximum atomic E-state index is 10.7. The molecule has 0 fully saturated rings. The highest BCUT2D eigenvalue weighted by atomic mass is 79.9. The second-order valence-electron chi connectivity index (χ2n) is 3.68. The number of aromatic carboxylic acids is 2. The van der Waals surface area contributed by atoms with Gasteiger partial charge in [0.1, 0.15) is 0 Å². The molecule has 0 spiro atoms. The fourth-order valence-electron chi connectivity index (χ4n) is 1.39. The Hall–Kier alpha value is -2.04. The quantitative estimate of drug-likeness (QED) is 0.697. The summed E-state index contributed by atoms with van der Waals surface area (Å²) in [5.41, 5.74) is 0.557. The van der Waals surface area contributed by atoms with E-state index in [2.05, 4.69) is 26.1 Å². The number of aromatic nitrogens is 3. The first-order chi connectivity index (χ1) is 10.5. The highest BCUT2D eigenvalue weighted by Crippen LogP contribution is 2.22. The minimum absolute atomic E-state index is 0.223. The van der Waals surface area contributed by atoms with Crippen LogP contribution in [0.3, 0.4) is 0 Å². The smallest absolute Gasteiger partial charge is 0.338 e. The lowest BCUT2D eigenvalue weighted by Crippen LogP contribution is -2.03. The molecule has 0 bridgehead atoms. The van der Waals surface area contributed by atoms with Crippen LogP contribution < -0.4 is 0 Å². The van der Waals surface area contributed by atoms with Crippen molar-refractivity contribution in [2.45, 2.75) is 0 Å². The lowest BCUT2D eigenvalue weighted by Gasteiger charge is -1.95. The van der Waals surface area contributed by atoms with Gasteiger partial charge in [-0.3, -0.25) is 0 Å². The molecular formula is C12H8BrN3O4S2. The molecule has 22 heavy (non-hydrogen) atoms. The number of carboxylic acids is 2. The van der Waals surface area contributed by atoms with Crippen molar-refractivity contribution in [3.8, 4) is 5.00 Å². The molecule has 10 heteroatoms. The summed E-state index contributed by atoms with van der Waals surface area (Å²) in [6, 6.07) is 3.10. The van der Waals surface area contributed by atoms with Gasteiger partial charge in [-0.25, -0.2) is 9.59 Å².